The molecule has 2 N–H and O–H groups in total. The molecule has 0 saturated carbocycles. The molecule has 0 aliphatic carbocycles. The number of rotatable bonds is 6. The fourth-order valence-electron chi connectivity index (χ4n) is 1.19. The van der Waals surface area contributed by atoms with Crippen LogP contribution in [0.25, 0.3) is 0 Å². The molecule has 0 saturated heterocycles. The molecule has 4 nitrogen and oxygen atoms in total. The van der Waals surface area contributed by atoms with Gasteiger partial charge in [-0.1, -0.05) is 6.07 Å². The van der Waals surface area contributed by atoms with Gasteiger partial charge in [0.1, 0.15) is 12.4 Å². The quantitative estimate of drug-likeness (QED) is 0.770. The fraction of sp³-hybridized carbons (Fsp3) is 0.364. The molecule has 0 amide bonds. The van der Waals surface area contributed by atoms with Crippen LogP contribution in [-0.4, -0.2) is 36.9 Å². The van der Waals surface area contributed by atoms with Crippen molar-refractivity contribution in [2.75, 3.05) is 19.7 Å². The third-order valence-corrected chi connectivity index (χ3v) is 1.95. The third kappa shape index (κ3) is 5.53. The summed E-state index contributed by atoms with van der Waals surface area (Å²) in [5, 5.41) is 10.9. The number of carboxylic acids is 1. The Morgan fingerprint density at radius 2 is 2.11 bits per heavy atom. The van der Waals surface area contributed by atoms with E-state index in [1.165, 1.54) is 24.3 Å². The number of carboxylic acid groups (broad SMARTS) is 1. The summed E-state index contributed by atoms with van der Waals surface area (Å²) < 4.78 is 40.5. The Morgan fingerprint density at radius 1 is 1.39 bits per heavy atom. The summed E-state index contributed by atoms with van der Waals surface area (Å²) in [6, 6.07) is 5.75. The summed E-state index contributed by atoms with van der Waals surface area (Å²) in [5.74, 6) is -0.778. The SMILES string of the molecule is O=C(O)c1cccc(OCCNCC(F)(F)F)c1. The smallest absolute Gasteiger partial charge is 0.401 e. The van der Waals surface area contributed by atoms with E-state index in [9.17, 15) is 18.0 Å². The van der Waals surface area contributed by atoms with Gasteiger partial charge in [-0.15, -0.1) is 0 Å². The van der Waals surface area contributed by atoms with Crippen molar-refractivity contribution in [1.29, 1.82) is 0 Å². The van der Waals surface area contributed by atoms with Gasteiger partial charge < -0.3 is 15.2 Å². The van der Waals surface area contributed by atoms with Crippen LogP contribution in [0.2, 0.25) is 0 Å². The van der Waals surface area contributed by atoms with Crippen molar-refractivity contribution in [1.82, 2.24) is 5.32 Å². The second-order valence-corrected chi connectivity index (χ2v) is 3.47. The average molecular weight is 263 g/mol. The Bertz CT molecular complexity index is 407. The van der Waals surface area contributed by atoms with Crippen LogP contribution in [-0.2, 0) is 0 Å². The van der Waals surface area contributed by atoms with Crippen LogP contribution in [0, 0.1) is 0 Å². The highest BCUT2D eigenvalue weighted by Crippen LogP contribution is 2.13. The minimum absolute atomic E-state index is 0.0246. The van der Waals surface area contributed by atoms with E-state index >= 15 is 0 Å². The molecule has 0 unspecified atom stereocenters. The average Bonchev–Trinajstić information content (AvgIpc) is 2.27. The zero-order valence-corrected chi connectivity index (χ0v) is 9.33. The molecule has 1 aromatic rings. The number of halogens is 3. The summed E-state index contributed by atoms with van der Waals surface area (Å²) in [5.41, 5.74) is 0.0655. The highest BCUT2D eigenvalue weighted by atomic mass is 19.4. The van der Waals surface area contributed by atoms with Crippen molar-refractivity contribution in [3.8, 4) is 5.75 Å². The highest BCUT2D eigenvalue weighted by molar-refractivity contribution is 5.87. The van der Waals surface area contributed by atoms with E-state index in [-0.39, 0.29) is 18.7 Å². The van der Waals surface area contributed by atoms with E-state index in [4.69, 9.17) is 9.84 Å². The largest absolute Gasteiger partial charge is 0.492 e. The number of aromatic carboxylic acids is 1. The predicted molar refractivity (Wildman–Crippen MR) is 57.8 cm³/mol. The van der Waals surface area contributed by atoms with Gasteiger partial charge in [-0.25, -0.2) is 4.79 Å². The molecule has 100 valence electrons. The molecule has 0 spiro atoms. The van der Waals surface area contributed by atoms with Gasteiger partial charge >= 0.3 is 12.1 Å². The minimum Gasteiger partial charge on any atom is -0.492 e. The predicted octanol–water partition coefficient (Wildman–Crippen LogP) is 1.92. The first-order valence-corrected chi connectivity index (χ1v) is 5.12. The lowest BCUT2D eigenvalue weighted by Gasteiger charge is -2.09. The first kappa shape index (κ1) is 14.3. The zero-order chi connectivity index (χ0) is 13.6. The van der Waals surface area contributed by atoms with Crippen molar-refractivity contribution < 1.29 is 27.8 Å². The lowest BCUT2D eigenvalue weighted by atomic mass is 10.2. The van der Waals surface area contributed by atoms with Crippen LogP contribution in [0.1, 0.15) is 10.4 Å². The van der Waals surface area contributed by atoms with Gasteiger partial charge in [0.25, 0.3) is 0 Å². The van der Waals surface area contributed by atoms with Gasteiger partial charge in [0.2, 0.25) is 0 Å². The topological polar surface area (TPSA) is 58.6 Å². The summed E-state index contributed by atoms with van der Waals surface area (Å²) in [6.07, 6.45) is -4.25. The molecule has 0 fully saturated rings. The van der Waals surface area contributed by atoms with E-state index in [1.54, 1.807) is 0 Å². The summed E-state index contributed by atoms with van der Waals surface area (Å²) in [4.78, 5) is 10.6. The maximum atomic E-state index is 11.8. The van der Waals surface area contributed by atoms with Gasteiger partial charge in [0.05, 0.1) is 12.1 Å². The molecule has 1 aromatic carbocycles. The van der Waals surface area contributed by atoms with Crippen molar-refractivity contribution in [3.63, 3.8) is 0 Å². The number of carbonyl (C=O) groups is 1. The maximum Gasteiger partial charge on any atom is 0.401 e. The maximum absolute atomic E-state index is 11.8. The molecular weight excluding hydrogens is 251 g/mol. The Morgan fingerprint density at radius 3 is 2.72 bits per heavy atom. The molecule has 18 heavy (non-hydrogen) atoms. The minimum atomic E-state index is -4.25. The lowest BCUT2D eigenvalue weighted by molar-refractivity contribution is -0.124. The molecule has 0 aliphatic heterocycles. The molecular formula is C11H12F3NO3. The van der Waals surface area contributed by atoms with Crippen LogP contribution in [0.3, 0.4) is 0 Å². The third-order valence-electron chi connectivity index (χ3n) is 1.95. The molecule has 0 radical (unpaired) electrons. The standard InChI is InChI=1S/C11H12F3NO3/c12-11(13,14)7-15-4-5-18-9-3-1-2-8(6-9)10(16)17/h1-3,6,15H,4-5,7H2,(H,16,17). The van der Waals surface area contributed by atoms with E-state index in [2.05, 4.69) is 5.32 Å². The van der Waals surface area contributed by atoms with Gasteiger partial charge in [-0.3, -0.25) is 0 Å². The van der Waals surface area contributed by atoms with Crippen molar-refractivity contribution in [2.45, 2.75) is 6.18 Å². The van der Waals surface area contributed by atoms with Crippen molar-refractivity contribution in [3.05, 3.63) is 29.8 Å². The molecule has 7 heteroatoms. The summed E-state index contributed by atoms with van der Waals surface area (Å²) in [6.45, 7) is -1.03. The van der Waals surface area contributed by atoms with Crippen molar-refractivity contribution in [2.24, 2.45) is 0 Å². The molecule has 1 rings (SSSR count). The number of ether oxygens (including phenoxy) is 1. The molecule has 0 aliphatic rings. The Labute approximate surface area is 101 Å². The van der Waals surface area contributed by atoms with Gasteiger partial charge in [0.15, 0.2) is 0 Å². The Kier molecular flexibility index (Phi) is 4.96. The first-order valence-electron chi connectivity index (χ1n) is 5.12. The number of benzene rings is 1. The van der Waals surface area contributed by atoms with Crippen LogP contribution >= 0.6 is 0 Å². The van der Waals surface area contributed by atoms with E-state index < -0.39 is 18.7 Å². The number of hydrogen-bond acceptors (Lipinski definition) is 3. The number of hydrogen-bond donors (Lipinski definition) is 2. The number of nitrogens with one attached hydrogen (secondary N) is 1. The van der Waals surface area contributed by atoms with E-state index in [0.29, 0.717) is 5.75 Å². The van der Waals surface area contributed by atoms with Crippen LogP contribution < -0.4 is 10.1 Å². The van der Waals surface area contributed by atoms with Crippen LogP contribution in [0.4, 0.5) is 13.2 Å². The van der Waals surface area contributed by atoms with Crippen LogP contribution in [0.5, 0.6) is 5.75 Å². The molecule has 0 aromatic heterocycles. The number of alkyl halides is 3. The zero-order valence-electron chi connectivity index (χ0n) is 9.33. The van der Waals surface area contributed by atoms with Crippen molar-refractivity contribution >= 4 is 5.97 Å². The van der Waals surface area contributed by atoms with Gasteiger partial charge in [-0.2, -0.15) is 13.2 Å². The van der Waals surface area contributed by atoms with E-state index in [0.717, 1.165) is 0 Å². The lowest BCUT2D eigenvalue weighted by Crippen LogP contribution is -2.31. The fourth-order valence-corrected chi connectivity index (χ4v) is 1.19. The molecule has 0 bridgehead atoms. The molecule has 0 heterocycles. The summed E-state index contributed by atoms with van der Waals surface area (Å²) in [7, 11) is 0. The van der Waals surface area contributed by atoms with Gasteiger partial charge in [0, 0.05) is 6.54 Å². The monoisotopic (exact) mass is 263 g/mol. The Hall–Kier alpha value is -1.76. The normalized spacial score (nSPS) is 11.3. The second-order valence-electron chi connectivity index (χ2n) is 3.47. The first-order chi connectivity index (χ1) is 8.38. The summed E-state index contributed by atoms with van der Waals surface area (Å²) >= 11 is 0. The molecule has 0 atom stereocenters. The second kappa shape index (κ2) is 6.25. The highest BCUT2D eigenvalue weighted by Gasteiger charge is 2.25. The van der Waals surface area contributed by atoms with Crippen LogP contribution in [0.15, 0.2) is 24.3 Å². The Balaban J connectivity index is 2.31. The van der Waals surface area contributed by atoms with E-state index in [1.807, 2.05) is 0 Å². The van der Waals surface area contributed by atoms with Gasteiger partial charge in [-0.05, 0) is 18.2 Å².